The number of halogens is 1. The van der Waals surface area contributed by atoms with E-state index in [0.29, 0.717) is 36.9 Å². The van der Waals surface area contributed by atoms with E-state index < -0.39 is 0 Å². The highest BCUT2D eigenvalue weighted by Crippen LogP contribution is 2.18. The molecular formula is C22H23FN4O2. The Morgan fingerprint density at radius 3 is 2.38 bits per heavy atom. The van der Waals surface area contributed by atoms with Crippen LogP contribution in [0, 0.1) is 5.82 Å². The van der Waals surface area contributed by atoms with Crippen molar-refractivity contribution < 1.29 is 13.7 Å². The molecule has 0 atom stereocenters. The van der Waals surface area contributed by atoms with Crippen molar-refractivity contribution in [1.29, 1.82) is 0 Å². The largest absolute Gasteiger partial charge is 0.336 e. The van der Waals surface area contributed by atoms with Gasteiger partial charge in [0.25, 0.3) is 11.8 Å². The van der Waals surface area contributed by atoms with Crippen molar-refractivity contribution in [3.8, 4) is 11.5 Å². The fourth-order valence-corrected chi connectivity index (χ4v) is 3.40. The van der Waals surface area contributed by atoms with Crippen LogP contribution in [-0.2, 0) is 13.0 Å². The molecular weight excluding hydrogens is 371 g/mol. The van der Waals surface area contributed by atoms with E-state index in [2.05, 4.69) is 22.0 Å². The maximum Gasteiger partial charge on any atom is 0.257 e. The van der Waals surface area contributed by atoms with Crippen LogP contribution in [0.15, 0.2) is 53.1 Å². The van der Waals surface area contributed by atoms with Gasteiger partial charge in [-0.05, 0) is 48.4 Å². The van der Waals surface area contributed by atoms with Crippen LogP contribution < -0.4 is 0 Å². The number of nitrogens with zero attached hydrogens (tertiary/aromatic N) is 4. The lowest BCUT2D eigenvalue weighted by atomic mass is 10.1. The number of piperazine rings is 1. The van der Waals surface area contributed by atoms with Crippen molar-refractivity contribution in [3.63, 3.8) is 0 Å². The van der Waals surface area contributed by atoms with Gasteiger partial charge in [0.05, 0.1) is 6.54 Å². The monoisotopic (exact) mass is 394 g/mol. The first kappa shape index (κ1) is 19.3. The highest BCUT2D eigenvalue weighted by Gasteiger charge is 2.23. The van der Waals surface area contributed by atoms with Crippen LogP contribution in [0.2, 0.25) is 0 Å². The van der Waals surface area contributed by atoms with E-state index in [1.54, 1.807) is 12.1 Å². The Morgan fingerprint density at radius 2 is 1.72 bits per heavy atom. The average Bonchev–Trinajstić information content (AvgIpc) is 3.23. The number of aromatic nitrogens is 2. The molecule has 1 aromatic heterocycles. The first-order chi connectivity index (χ1) is 14.1. The van der Waals surface area contributed by atoms with Crippen LogP contribution in [0.1, 0.15) is 28.7 Å². The van der Waals surface area contributed by atoms with E-state index in [0.717, 1.165) is 25.1 Å². The number of carbonyl (C=O) groups is 1. The number of benzene rings is 2. The minimum atomic E-state index is -0.304. The van der Waals surface area contributed by atoms with Crippen molar-refractivity contribution in [2.24, 2.45) is 0 Å². The van der Waals surface area contributed by atoms with E-state index in [9.17, 15) is 9.18 Å². The van der Waals surface area contributed by atoms with Crippen LogP contribution >= 0.6 is 0 Å². The predicted molar refractivity (Wildman–Crippen MR) is 107 cm³/mol. The molecule has 0 N–H and O–H groups in total. The van der Waals surface area contributed by atoms with Crippen molar-refractivity contribution in [2.75, 3.05) is 26.2 Å². The Balaban J connectivity index is 1.32. The Kier molecular flexibility index (Phi) is 5.67. The van der Waals surface area contributed by atoms with E-state index in [-0.39, 0.29) is 11.7 Å². The van der Waals surface area contributed by atoms with Crippen LogP contribution in [0.4, 0.5) is 4.39 Å². The second-order valence-corrected chi connectivity index (χ2v) is 7.14. The molecule has 0 aliphatic carbocycles. The Bertz CT molecular complexity index is 961. The molecule has 1 fully saturated rings. The highest BCUT2D eigenvalue weighted by molar-refractivity contribution is 5.94. The molecule has 0 unspecified atom stereocenters. The molecule has 7 heteroatoms. The summed E-state index contributed by atoms with van der Waals surface area (Å²) in [5.41, 5.74) is 2.65. The Morgan fingerprint density at radius 1 is 1.03 bits per heavy atom. The summed E-state index contributed by atoms with van der Waals surface area (Å²) in [5, 5.41) is 4.03. The number of amides is 1. The summed E-state index contributed by atoms with van der Waals surface area (Å²) in [6, 6.07) is 13.8. The third-order valence-electron chi connectivity index (χ3n) is 5.19. The molecule has 29 heavy (non-hydrogen) atoms. The number of aryl methyl sites for hydroxylation is 1. The van der Waals surface area contributed by atoms with Crippen LogP contribution in [-0.4, -0.2) is 52.0 Å². The van der Waals surface area contributed by atoms with Crippen molar-refractivity contribution in [2.45, 2.75) is 19.9 Å². The summed E-state index contributed by atoms with van der Waals surface area (Å²) in [5.74, 6) is 0.733. The van der Waals surface area contributed by atoms with Crippen LogP contribution in [0.5, 0.6) is 0 Å². The van der Waals surface area contributed by atoms with Gasteiger partial charge < -0.3 is 9.42 Å². The minimum absolute atomic E-state index is 0.0745. The van der Waals surface area contributed by atoms with Gasteiger partial charge in [-0.2, -0.15) is 4.98 Å². The number of hydrogen-bond acceptors (Lipinski definition) is 5. The highest BCUT2D eigenvalue weighted by atomic mass is 19.1. The quantitative estimate of drug-likeness (QED) is 0.664. The molecule has 150 valence electrons. The summed E-state index contributed by atoms with van der Waals surface area (Å²) in [6.07, 6.45) is 0.964. The lowest BCUT2D eigenvalue weighted by molar-refractivity contribution is 0.0624. The lowest BCUT2D eigenvalue weighted by Crippen LogP contribution is -2.48. The summed E-state index contributed by atoms with van der Waals surface area (Å²) >= 11 is 0. The summed E-state index contributed by atoms with van der Waals surface area (Å²) in [4.78, 5) is 21.2. The van der Waals surface area contributed by atoms with Crippen LogP contribution in [0.25, 0.3) is 11.5 Å². The SMILES string of the molecule is CCc1ccc(C(=O)N2CCN(Cc3noc(-c4ccc(F)cc4)n3)CC2)cc1. The van der Waals surface area contributed by atoms with Gasteiger partial charge in [0.2, 0.25) is 0 Å². The van der Waals surface area contributed by atoms with Gasteiger partial charge in [0.1, 0.15) is 5.82 Å². The molecule has 3 aromatic rings. The van der Waals surface area contributed by atoms with Crippen LogP contribution in [0.3, 0.4) is 0 Å². The molecule has 1 aliphatic rings. The fourth-order valence-electron chi connectivity index (χ4n) is 3.40. The topological polar surface area (TPSA) is 62.5 Å². The molecule has 1 aliphatic heterocycles. The Labute approximate surface area is 168 Å². The average molecular weight is 394 g/mol. The molecule has 1 amide bonds. The predicted octanol–water partition coefficient (Wildman–Crippen LogP) is 3.40. The molecule has 0 bridgehead atoms. The zero-order chi connectivity index (χ0) is 20.2. The van der Waals surface area contributed by atoms with Gasteiger partial charge in [-0.15, -0.1) is 0 Å². The van der Waals surface area contributed by atoms with Gasteiger partial charge in [0, 0.05) is 37.3 Å². The van der Waals surface area contributed by atoms with Crippen molar-refractivity contribution >= 4 is 5.91 Å². The lowest BCUT2D eigenvalue weighted by Gasteiger charge is -2.34. The van der Waals surface area contributed by atoms with E-state index in [1.165, 1.54) is 17.7 Å². The molecule has 0 spiro atoms. The summed E-state index contributed by atoms with van der Waals surface area (Å²) < 4.78 is 18.3. The van der Waals surface area contributed by atoms with Gasteiger partial charge in [-0.1, -0.05) is 24.2 Å². The Hall–Kier alpha value is -3.06. The van der Waals surface area contributed by atoms with E-state index >= 15 is 0 Å². The standard InChI is InChI=1S/C22H23FN4O2/c1-2-16-3-5-18(6-4-16)22(28)27-13-11-26(12-14-27)15-20-24-21(29-25-20)17-7-9-19(23)10-8-17/h3-10H,2,11-15H2,1H3. The van der Waals surface area contributed by atoms with Crippen molar-refractivity contribution in [1.82, 2.24) is 19.9 Å². The maximum atomic E-state index is 13.0. The number of carbonyl (C=O) groups excluding carboxylic acids is 1. The molecule has 6 nitrogen and oxygen atoms in total. The second kappa shape index (κ2) is 8.53. The normalized spacial score (nSPS) is 14.9. The number of rotatable bonds is 5. The molecule has 4 rings (SSSR count). The third kappa shape index (κ3) is 4.51. The van der Waals surface area contributed by atoms with Gasteiger partial charge >= 0.3 is 0 Å². The smallest absolute Gasteiger partial charge is 0.257 e. The second-order valence-electron chi connectivity index (χ2n) is 7.14. The zero-order valence-corrected chi connectivity index (χ0v) is 16.3. The minimum Gasteiger partial charge on any atom is -0.336 e. The maximum absolute atomic E-state index is 13.0. The van der Waals surface area contributed by atoms with E-state index in [4.69, 9.17) is 4.52 Å². The first-order valence-corrected chi connectivity index (χ1v) is 9.81. The molecule has 2 aromatic carbocycles. The third-order valence-corrected chi connectivity index (χ3v) is 5.19. The molecule has 1 saturated heterocycles. The fraction of sp³-hybridized carbons (Fsp3) is 0.318. The van der Waals surface area contributed by atoms with Crippen molar-refractivity contribution in [3.05, 3.63) is 71.3 Å². The molecule has 0 radical (unpaired) electrons. The van der Waals surface area contributed by atoms with Gasteiger partial charge in [0.15, 0.2) is 5.82 Å². The molecule has 0 saturated carbocycles. The van der Waals surface area contributed by atoms with Gasteiger partial charge in [-0.3, -0.25) is 9.69 Å². The number of hydrogen-bond donors (Lipinski definition) is 0. The van der Waals surface area contributed by atoms with E-state index in [1.807, 2.05) is 29.2 Å². The molecule has 2 heterocycles. The summed E-state index contributed by atoms with van der Waals surface area (Å²) in [7, 11) is 0. The zero-order valence-electron chi connectivity index (χ0n) is 16.3. The summed E-state index contributed by atoms with van der Waals surface area (Å²) in [6.45, 7) is 5.48. The van der Waals surface area contributed by atoms with Gasteiger partial charge in [-0.25, -0.2) is 4.39 Å². The first-order valence-electron chi connectivity index (χ1n) is 9.81.